The Labute approximate surface area is 125 Å². The molecule has 2 aromatic rings. The van der Waals surface area contributed by atoms with Gasteiger partial charge in [0, 0.05) is 17.1 Å². The molecule has 0 aliphatic carbocycles. The molecule has 2 rings (SSSR count). The summed E-state index contributed by atoms with van der Waals surface area (Å²) in [6, 6.07) is 18.1. The number of likely N-dealkylation sites (N-methyl/N-ethyl adjacent to an activating group) is 1. The van der Waals surface area contributed by atoms with Crippen molar-refractivity contribution in [3.05, 3.63) is 70.7 Å². The smallest absolute Gasteiger partial charge is 0.109 e. The standard InChI is InChI=1S/C17H20ClNO/c1-19(2)12-13-20-17(14-8-4-3-5-9-14)15-10-6-7-11-16(15)18/h3-11,17H,12-13H2,1-2H3/t17-/m0/s1. The fourth-order valence-corrected chi connectivity index (χ4v) is 2.27. The summed E-state index contributed by atoms with van der Waals surface area (Å²) >= 11 is 6.32. The second kappa shape index (κ2) is 7.44. The Morgan fingerprint density at radius 2 is 1.65 bits per heavy atom. The fourth-order valence-electron chi connectivity index (χ4n) is 2.03. The molecular weight excluding hydrogens is 270 g/mol. The van der Waals surface area contributed by atoms with Gasteiger partial charge in [-0.2, -0.15) is 0 Å². The summed E-state index contributed by atoms with van der Waals surface area (Å²) in [6.45, 7) is 1.55. The van der Waals surface area contributed by atoms with Gasteiger partial charge in [-0.1, -0.05) is 60.1 Å². The molecule has 1 atom stereocenters. The van der Waals surface area contributed by atoms with Gasteiger partial charge in [-0.25, -0.2) is 0 Å². The third-order valence-electron chi connectivity index (χ3n) is 3.11. The molecule has 0 spiro atoms. The number of halogens is 1. The van der Waals surface area contributed by atoms with Gasteiger partial charge in [0.2, 0.25) is 0 Å². The molecule has 2 aromatic carbocycles. The first kappa shape index (κ1) is 15.0. The maximum atomic E-state index is 6.32. The Kier molecular flexibility index (Phi) is 5.60. The molecule has 0 saturated carbocycles. The quantitative estimate of drug-likeness (QED) is 0.797. The Bertz CT molecular complexity index is 528. The highest BCUT2D eigenvalue weighted by Crippen LogP contribution is 2.31. The Balaban J connectivity index is 2.23. The van der Waals surface area contributed by atoms with Crippen LogP contribution in [0.5, 0.6) is 0 Å². The summed E-state index contributed by atoms with van der Waals surface area (Å²) in [4.78, 5) is 2.11. The number of benzene rings is 2. The number of rotatable bonds is 6. The van der Waals surface area contributed by atoms with Crippen molar-refractivity contribution >= 4 is 11.6 Å². The zero-order valence-corrected chi connectivity index (χ0v) is 12.7. The van der Waals surface area contributed by atoms with E-state index in [1.807, 2.05) is 56.6 Å². The molecule has 0 unspecified atom stereocenters. The van der Waals surface area contributed by atoms with E-state index in [4.69, 9.17) is 16.3 Å². The van der Waals surface area contributed by atoms with Gasteiger partial charge >= 0.3 is 0 Å². The molecule has 0 radical (unpaired) electrons. The van der Waals surface area contributed by atoms with Crippen LogP contribution in [0.2, 0.25) is 5.02 Å². The molecule has 0 fully saturated rings. The van der Waals surface area contributed by atoms with Gasteiger partial charge in [0.25, 0.3) is 0 Å². The van der Waals surface area contributed by atoms with E-state index >= 15 is 0 Å². The van der Waals surface area contributed by atoms with Crippen LogP contribution in [0.4, 0.5) is 0 Å². The lowest BCUT2D eigenvalue weighted by Crippen LogP contribution is -2.20. The molecule has 0 aromatic heterocycles. The summed E-state index contributed by atoms with van der Waals surface area (Å²) < 4.78 is 6.08. The molecule has 0 bridgehead atoms. The van der Waals surface area contributed by atoms with Gasteiger partial charge in [-0.05, 0) is 25.7 Å². The molecule has 0 saturated heterocycles. The molecule has 0 heterocycles. The van der Waals surface area contributed by atoms with E-state index < -0.39 is 0 Å². The zero-order valence-electron chi connectivity index (χ0n) is 11.9. The molecule has 20 heavy (non-hydrogen) atoms. The van der Waals surface area contributed by atoms with Crippen molar-refractivity contribution in [2.24, 2.45) is 0 Å². The highest BCUT2D eigenvalue weighted by atomic mass is 35.5. The van der Waals surface area contributed by atoms with Gasteiger partial charge in [0.15, 0.2) is 0 Å². The van der Waals surface area contributed by atoms with Crippen molar-refractivity contribution in [2.75, 3.05) is 27.2 Å². The number of ether oxygens (including phenoxy) is 1. The minimum absolute atomic E-state index is 0.121. The molecule has 3 heteroatoms. The Hall–Kier alpha value is -1.35. The lowest BCUT2D eigenvalue weighted by molar-refractivity contribution is 0.0688. The minimum Gasteiger partial charge on any atom is -0.367 e. The van der Waals surface area contributed by atoms with Crippen molar-refractivity contribution in [1.29, 1.82) is 0 Å². The predicted octanol–water partition coefficient (Wildman–Crippen LogP) is 4.01. The maximum absolute atomic E-state index is 6.32. The average molecular weight is 290 g/mol. The van der Waals surface area contributed by atoms with Crippen LogP contribution in [-0.4, -0.2) is 32.1 Å². The second-order valence-corrected chi connectivity index (χ2v) is 5.39. The summed E-state index contributed by atoms with van der Waals surface area (Å²) in [7, 11) is 4.08. The Morgan fingerprint density at radius 1 is 1.00 bits per heavy atom. The van der Waals surface area contributed by atoms with E-state index in [-0.39, 0.29) is 6.10 Å². The normalized spacial score (nSPS) is 12.6. The van der Waals surface area contributed by atoms with E-state index in [2.05, 4.69) is 17.0 Å². The van der Waals surface area contributed by atoms with Crippen LogP contribution in [0, 0.1) is 0 Å². The second-order valence-electron chi connectivity index (χ2n) is 4.99. The molecule has 2 nitrogen and oxygen atoms in total. The van der Waals surface area contributed by atoms with Crippen LogP contribution in [0.1, 0.15) is 17.2 Å². The van der Waals surface area contributed by atoms with E-state index in [0.717, 1.165) is 22.7 Å². The summed E-state index contributed by atoms with van der Waals surface area (Å²) in [5.41, 5.74) is 2.14. The van der Waals surface area contributed by atoms with Gasteiger partial charge in [-0.15, -0.1) is 0 Å². The largest absolute Gasteiger partial charge is 0.367 e. The molecule has 106 valence electrons. The van der Waals surface area contributed by atoms with Crippen molar-refractivity contribution < 1.29 is 4.74 Å². The van der Waals surface area contributed by atoms with Crippen LogP contribution >= 0.6 is 11.6 Å². The molecule has 0 aliphatic rings. The van der Waals surface area contributed by atoms with E-state index in [0.29, 0.717) is 6.61 Å². The Morgan fingerprint density at radius 3 is 2.30 bits per heavy atom. The van der Waals surface area contributed by atoms with Gasteiger partial charge in [-0.3, -0.25) is 0 Å². The fraction of sp³-hybridized carbons (Fsp3) is 0.294. The highest BCUT2D eigenvalue weighted by Gasteiger charge is 2.17. The van der Waals surface area contributed by atoms with Gasteiger partial charge in [0.05, 0.1) is 6.61 Å². The molecule has 0 amide bonds. The zero-order chi connectivity index (χ0) is 14.4. The van der Waals surface area contributed by atoms with Gasteiger partial charge < -0.3 is 9.64 Å². The first-order valence-electron chi connectivity index (χ1n) is 6.74. The van der Waals surface area contributed by atoms with Crippen LogP contribution in [0.3, 0.4) is 0 Å². The maximum Gasteiger partial charge on any atom is 0.109 e. The van der Waals surface area contributed by atoms with Crippen LogP contribution < -0.4 is 0 Å². The third-order valence-corrected chi connectivity index (χ3v) is 3.46. The SMILES string of the molecule is CN(C)CCO[C@@H](c1ccccc1)c1ccccc1Cl. The number of nitrogens with zero attached hydrogens (tertiary/aromatic N) is 1. The molecule has 0 aliphatic heterocycles. The van der Waals surface area contributed by atoms with Crippen molar-refractivity contribution in [2.45, 2.75) is 6.10 Å². The first-order valence-corrected chi connectivity index (χ1v) is 7.12. The number of hydrogen-bond acceptors (Lipinski definition) is 2. The highest BCUT2D eigenvalue weighted by molar-refractivity contribution is 6.31. The molecule has 0 N–H and O–H groups in total. The summed E-state index contributed by atoms with van der Waals surface area (Å²) in [6.07, 6.45) is -0.121. The summed E-state index contributed by atoms with van der Waals surface area (Å²) in [5.74, 6) is 0. The van der Waals surface area contributed by atoms with Crippen molar-refractivity contribution in [3.8, 4) is 0 Å². The van der Waals surface area contributed by atoms with E-state index in [1.165, 1.54) is 0 Å². The predicted molar refractivity (Wildman–Crippen MR) is 84.2 cm³/mol. The monoisotopic (exact) mass is 289 g/mol. The average Bonchev–Trinajstić information content (AvgIpc) is 2.45. The first-order chi connectivity index (χ1) is 9.68. The minimum atomic E-state index is -0.121. The van der Waals surface area contributed by atoms with E-state index in [1.54, 1.807) is 0 Å². The topological polar surface area (TPSA) is 12.5 Å². The lowest BCUT2D eigenvalue weighted by atomic mass is 10.0. The van der Waals surface area contributed by atoms with Crippen molar-refractivity contribution in [1.82, 2.24) is 4.90 Å². The molecular formula is C17H20ClNO. The lowest BCUT2D eigenvalue weighted by Gasteiger charge is -2.21. The van der Waals surface area contributed by atoms with Crippen LogP contribution in [0.15, 0.2) is 54.6 Å². The van der Waals surface area contributed by atoms with Crippen LogP contribution in [0.25, 0.3) is 0 Å². The van der Waals surface area contributed by atoms with Crippen molar-refractivity contribution in [3.63, 3.8) is 0 Å². The summed E-state index contributed by atoms with van der Waals surface area (Å²) in [5, 5.41) is 0.742. The van der Waals surface area contributed by atoms with Crippen LogP contribution in [-0.2, 0) is 4.74 Å². The third kappa shape index (κ3) is 4.07. The van der Waals surface area contributed by atoms with E-state index in [9.17, 15) is 0 Å². The van der Waals surface area contributed by atoms with Gasteiger partial charge in [0.1, 0.15) is 6.10 Å². The number of hydrogen-bond donors (Lipinski definition) is 0.